The number of thiazole rings is 3. The third-order valence-electron chi connectivity index (χ3n) is 19.2. The summed E-state index contributed by atoms with van der Waals surface area (Å²) in [5, 5.41) is 3.38. The molecule has 0 aliphatic carbocycles. The van der Waals surface area contributed by atoms with Crippen LogP contribution in [0.25, 0.3) is 33.4 Å². The Kier molecular flexibility index (Phi) is 55.2. The van der Waals surface area contributed by atoms with E-state index in [-0.39, 0.29) is 24.3 Å². The van der Waals surface area contributed by atoms with Gasteiger partial charge in [0.1, 0.15) is 5.01 Å². The minimum Gasteiger partial charge on any atom is -0.465 e. The number of ether oxygens (including phenoxy) is 2. The maximum Gasteiger partial charge on any atom is 0.306 e. The average Bonchev–Trinajstić information content (AvgIpc) is 1.76. The van der Waals surface area contributed by atoms with Crippen LogP contribution in [0.1, 0.15) is 261 Å². The second-order valence-electron chi connectivity index (χ2n) is 30.4. The number of hydrogen-bond donors (Lipinski definition) is 1. The highest BCUT2D eigenvalue weighted by atomic mass is 79.9. The van der Waals surface area contributed by atoms with Gasteiger partial charge in [-0.1, -0.05) is 344 Å². The van der Waals surface area contributed by atoms with Crippen molar-refractivity contribution < 1.29 is 19.1 Å². The molecule has 20 heteroatoms. The second-order valence-corrected chi connectivity index (χ2v) is 42.9. The number of aromatic nitrogens is 3. The quantitative estimate of drug-likeness (QED) is 0.0301. The van der Waals surface area contributed by atoms with Gasteiger partial charge in [0.05, 0.1) is 66.9 Å². The van der Waals surface area contributed by atoms with Gasteiger partial charge in [-0.2, -0.15) is 0 Å². The van der Waals surface area contributed by atoms with Gasteiger partial charge in [-0.05, 0) is 217 Å². The lowest BCUT2D eigenvalue weighted by Gasteiger charge is -2.15. The molecule has 0 amide bonds. The van der Waals surface area contributed by atoms with E-state index in [1.54, 1.807) is 69.3 Å². The number of nitrogens with zero attached hydrogens (tertiary/aromatic N) is 3. The molecule has 0 fully saturated rings. The van der Waals surface area contributed by atoms with Crippen LogP contribution in [-0.2, 0) is 38.4 Å². The number of rotatable bonds is 35. The fourth-order valence-electron chi connectivity index (χ4n) is 11.9. The first-order chi connectivity index (χ1) is 57.7. The maximum absolute atomic E-state index is 12.2. The van der Waals surface area contributed by atoms with Crippen LogP contribution in [0.3, 0.4) is 0 Å². The Labute approximate surface area is 797 Å². The van der Waals surface area contributed by atoms with Crippen molar-refractivity contribution >= 4 is 169 Å². The zero-order valence-corrected chi connectivity index (χ0v) is 87.3. The highest BCUT2D eigenvalue weighted by Gasteiger charge is 2.17. The van der Waals surface area contributed by atoms with Crippen molar-refractivity contribution in [1.82, 2.24) is 15.0 Å². The summed E-state index contributed by atoms with van der Waals surface area (Å²) in [5.41, 5.74) is 20.0. The topological polar surface area (TPSA) is 117 Å². The van der Waals surface area contributed by atoms with Crippen LogP contribution in [0, 0.1) is 11.8 Å². The summed E-state index contributed by atoms with van der Waals surface area (Å²) < 4.78 is 17.9. The Morgan fingerprint density at radius 2 is 0.719 bits per heavy atom. The lowest BCUT2D eigenvalue weighted by atomic mass is 9.97. The summed E-state index contributed by atoms with van der Waals surface area (Å²) in [6.07, 6.45) is 18.0. The number of thioether (sulfide) groups is 2. The van der Waals surface area contributed by atoms with E-state index < -0.39 is 0 Å². The van der Waals surface area contributed by atoms with Gasteiger partial charge in [-0.3, -0.25) is 9.59 Å². The van der Waals surface area contributed by atoms with Gasteiger partial charge in [-0.15, -0.1) is 69.9 Å². The summed E-state index contributed by atoms with van der Waals surface area (Å²) in [6.45, 7) is 40.8. The predicted octanol–water partition coefficient (Wildman–Crippen LogP) is 35.0. The van der Waals surface area contributed by atoms with Gasteiger partial charge in [0.2, 0.25) is 0 Å². The van der Waals surface area contributed by atoms with Crippen molar-refractivity contribution in [2.45, 2.75) is 266 Å². The molecule has 656 valence electrons. The molecule has 3 aromatic heterocycles. The number of carbonyl (C=O) groups is 2. The third-order valence-corrected chi connectivity index (χ3v) is 28.5. The lowest BCUT2D eigenvalue weighted by molar-refractivity contribution is -0.145. The van der Waals surface area contributed by atoms with Gasteiger partial charge >= 0.3 is 11.9 Å². The molecule has 2 atom stereocenters. The smallest absolute Gasteiger partial charge is 0.306 e. The van der Waals surface area contributed by atoms with Gasteiger partial charge < -0.3 is 15.2 Å². The zero-order chi connectivity index (χ0) is 87.9. The van der Waals surface area contributed by atoms with Crippen LogP contribution in [0.5, 0.6) is 0 Å². The molecule has 0 saturated carbocycles. The van der Waals surface area contributed by atoms with E-state index in [2.05, 4.69) is 359 Å². The number of unbranched alkanes of at least 4 members (excludes halogenated alkanes) is 2. The molecule has 0 bridgehead atoms. The van der Waals surface area contributed by atoms with Gasteiger partial charge in [0.25, 0.3) is 0 Å². The van der Waals surface area contributed by atoms with Crippen LogP contribution in [0.2, 0.25) is 0 Å². The highest BCUT2D eigenvalue weighted by molar-refractivity contribution is 9.11. The van der Waals surface area contributed by atoms with E-state index in [1.807, 2.05) is 56.3 Å². The number of hydrogen-bond acceptors (Lipinski definition) is 15. The van der Waals surface area contributed by atoms with E-state index in [0.29, 0.717) is 74.0 Å². The second kappa shape index (κ2) is 61.5. The number of carbonyl (C=O) groups excluding carboxylic acids is 2. The van der Waals surface area contributed by atoms with Gasteiger partial charge in [0.15, 0.2) is 0 Å². The Hall–Kier alpha value is -4.84. The Morgan fingerprint density at radius 1 is 0.397 bits per heavy atom. The number of nitrogens with two attached hydrogens (primary N) is 1. The number of esters is 2. The van der Waals surface area contributed by atoms with E-state index in [9.17, 15) is 9.59 Å². The Balaban J connectivity index is 0.000000313. The van der Waals surface area contributed by atoms with Crippen LogP contribution >= 0.6 is 157 Å². The fourth-order valence-corrected chi connectivity index (χ4v) is 21.0. The highest BCUT2D eigenvalue weighted by Crippen LogP contribution is 2.40. The van der Waals surface area contributed by atoms with Gasteiger partial charge in [0, 0.05) is 51.1 Å². The molecular formula is C101H131Br4ClN4O4S7. The minimum atomic E-state index is -0.0734. The normalized spacial score (nSPS) is 11.3. The Bertz CT molecular complexity index is 4540. The molecule has 3 heterocycles. The van der Waals surface area contributed by atoms with Crippen molar-refractivity contribution in [2.24, 2.45) is 17.6 Å². The van der Waals surface area contributed by atoms with E-state index in [1.165, 1.54) is 125 Å². The van der Waals surface area contributed by atoms with Crippen LogP contribution in [0.15, 0.2) is 246 Å². The molecule has 0 aliphatic heterocycles. The lowest BCUT2D eigenvalue weighted by Crippen LogP contribution is -2.14. The molecule has 0 spiro atoms. The molecule has 11 aromatic rings. The molecule has 2 unspecified atom stereocenters. The number of aryl methyl sites for hydroxylation is 2. The van der Waals surface area contributed by atoms with E-state index >= 15 is 0 Å². The fraction of sp³-hybridized carbons (Fsp3) is 0.416. The molecule has 8 nitrogen and oxygen atoms in total. The van der Waals surface area contributed by atoms with Crippen LogP contribution in [-0.4, -0.2) is 51.6 Å². The van der Waals surface area contributed by atoms with Crippen molar-refractivity contribution in [2.75, 3.05) is 24.7 Å². The van der Waals surface area contributed by atoms with Crippen molar-refractivity contribution in [3.05, 3.63) is 261 Å². The van der Waals surface area contributed by atoms with Crippen molar-refractivity contribution in [1.29, 1.82) is 0 Å². The van der Waals surface area contributed by atoms with E-state index in [4.69, 9.17) is 15.2 Å². The molecule has 0 aliphatic rings. The summed E-state index contributed by atoms with van der Waals surface area (Å²) in [5.74, 6) is 4.96. The number of benzene rings is 8. The first-order valence-electron chi connectivity index (χ1n) is 42.7. The summed E-state index contributed by atoms with van der Waals surface area (Å²) in [6, 6.07) is 65.0. The van der Waals surface area contributed by atoms with Crippen LogP contribution < -0.4 is 5.73 Å². The van der Waals surface area contributed by atoms with Crippen molar-refractivity contribution in [3.8, 4) is 33.4 Å². The maximum atomic E-state index is 12.2. The number of halogens is 5. The summed E-state index contributed by atoms with van der Waals surface area (Å²) in [4.78, 5) is 42.0. The SMILES string of the molecule is CC.CC(C)c1cc(Br)cc(Br)c1.CC(C)c1cc(Sc2cnc(CN)s2)cc(-c2ccccc2)c1.CCCCC(CC)COC(=O)CCSc1cc(-c2ccccc2)cc(C(C)C)c1.CCCCC(CC)COC(=O)CCSc1cc(Br)cc(C(C)C)c1.CCc1ncc(Br)s1.CCc1ncc(Sc2cc(-c3ccccc3)cc(C(C)C)c2)s1.Cl. The van der Waals surface area contributed by atoms with E-state index in [0.717, 1.165) is 72.2 Å². The summed E-state index contributed by atoms with van der Waals surface area (Å²) >= 11 is 26.0. The average molecular weight is 2040 g/mol. The molecule has 11 rings (SSSR count). The Morgan fingerprint density at radius 3 is 1.04 bits per heavy atom. The first-order valence-corrected chi connectivity index (χ1v) is 51.9. The largest absolute Gasteiger partial charge is 0.465 e. The standard InChI is InChI=1S/C26H36O2S.C20H31BrO2S.C20H21NS2.C19H20N2S2.C9H10Br2.C5H6BrNS.C2H6.ClH/c1-5-7-11-21(6-2)19-28-26(27)14-15-29-25-17-23(20(3)4)16-24(18-25)22-12-9-8-10-13-22;1-5-7-8-16(6-2)14-23-20(22)9-10-24-19-12-17(15(3)4)11-18(21)13-19;1-4-19-21-13-20(23-19)22-18-11-16(14(2)3)10-17(12-18)15-8-6-5-7-9-15;1-13(2)15-8-16(14-6-4-3-5-7-14)10-17(9-15)22-19-12-21-18(11-20)23-19;1-6(2)7-3-8(10)5-9(11)4-7;1-2-5-7-3-4(6)8-5;1-2;/h8-10,12-13,16-18,20-21H,5-7,11,14-15,19H2,1-4H3;11-13,15-16H,5-10,14H2,1-4H3;5-14H,4H2,1-3H3;3-10,12-13H,11,20H2,1-2H3;3-6H,1-2H3;3H,2H2,1H3;1-2H3;1H. The van der Waals surface area contributed by atoms with Crippen molar-refractivity contribution in [3.63, 3.8) is 0 Å². The first kappa shape index (κ1) is 108. The molecule has 0 radical (unpaired) electrons. The van der Waals surface area contributed by atoms with Crippen LogP contribution in [0.4, 0.5) is 0 Å². The molecule has 121 heavy (non-hydrogen) atoms. The third kappa shape index (κ3) is 42.6. The van der Waals surface area contributed by atoms with Gasteiger partial charge in [-0.25, -0.2) is 15.0 Å². The summed E-state index contributed by atoms with van der Waals surface area (Å²) in [7, 11) is 0. The molecule has 2 N–H and O–H groups in total. The molecule has 8 aromatic carbocycles. The molecule has 0 saturated heterocycles. The minimum absolute atomic E-state index is 0. The molecular weight excluding hydrogens is 1910 g/mol. The predicted molar refractivity (Wildman–Crippen MR) is 549 cm³/mol. The zero-order valence-electron chi connectivity index (χ0n) is 74.4. The monoisotopic (exact) mass is 2040 g/mol.